The Morgan fingerprint density at radius 2 is 1.95 bits per heavy atom. The predicted octanol–water partition coefficient (Wildman–Crippen LogP) is 2.39. The molecule has 0 aromatic heterocycles. The third-order valence-corrected chi connectivity index (χ3v) is 3.82. The largest absolute Gasteiger partial charge is 0.486 e. The number of ether oxygens (including phenoxy) is 2. The van der Waals surface area contributed by atoms with Crippen LogP contribution in [0.5, 0.6) is 11.5 Å². The molecule has 1 saturated carbocycles. The van der Waals surface area contributed by atoms with E-state index >= 15 is 0 Å². The van der Waals surface area contributed by atoms with E-state index in [0.717, 1.165) is 29.9 Å². The third-order valence-electron chi connectivity index (χ3n) is 3.82. The molecule has 2 atom stereocenters. The van der Waals surface area contributed by atoms with E-state index in [4.69, 9.17) is 14.6 Å². The molecule has 1 aromatic carbocycles. The van der Waals surface area contributed by atoms with E-state index < -0.39 is 12.0 Å². The van der Waals surface area contributed by atoms with Crippen molar-refractivity contribution in [1.29, 1.82) is 0 Å². The van der Waals surface area contributed by atoms with Gasteiger partial charge in [0.25, 0.3) is 0 Å². The van der Waals surface area contributed by atoms with Crippen molar-refractivity contribution in [1.82, 2.24) is 5.32 Å². The van der Waals surface area contributed by atoms with Crippen LogP contribution in [0.15, 0.2) is 18.2 Å². The van der Waals surface area contributed by atoms with Crippen molar-refractivity contribution >= 4 is 18.4 Å². The van der Waals surface area contributed by atoms with E-state index in [-0.39, 0.29) is 18.4 Å². The molecule has 5 nitrogen and oxygen atoms in total. The summed E-state index contributed by atoms with van der Waals surface area (Å²) in [5, 5.41) is 12.3. The summed E-state index contributed by atoms with van der Waals surface area (Å²) in [6.07, 6.45) is 2.27. The molecule has 3 rings (SSSR count). The van der Waals surface area contributed by atoms with E-state index in [0.29, 0.717) is 19.1 Å². The first-order chi connectivity index (χ1) is 9.65. The van der Waals surface area contributed by atoms with Crippen LogP contribution in [0, 0.1) is 5.92 Å². The van der Waals surface area contributed by atoms with Crippen LogP contribution in [0.4, 0.5) is 0 Å². The number of carboxylic acid groups (broad SMARTS) is 1. The normalized spacial score (nSPS) is 19.3. The molecule has 2 N–H and O–H groups in total. The summed E-state index contributed by atoms with van der Waals surface area (Å²) in [5.41, 5.74) is 1.07. The van der Waals surface area contributed by atoms with Crippen LogP contribution in [-0.2, 0) is 4.79 Å². The van der Waals surface area contributed by atoms with Gasteiger partial charge < -0.3 is 14.6 Å². The average Bonchev–Trinajstić information content (AvgIpc) is 3.28. The lowest BCUT2D eigenvalue weighted by atomic mass is 10.0. The molecule has 6 heteroatoms. The first kappa shape index (κ1) is 15.9. The van der Waals surface area contributed by atoms with Crippen LogP contribution in [0.2, 0.25) is 0 Å². The summed E-state index contributed by atoms with van der Waals surface area (Å²) in [6.45, 7) is 2.81. The van der Waals surface area contributed by atoms with Crippen molar-refractivity contribution in [2.24, 2.45) is 5.92 Å². The number of aliphatic carboxylic acids is 1. The van der Waals surface area contributed by atoms with Crippen LogP contribution in [0.25, 0.3) is 0 Å². The number of hydrogen-bond donors (Lipinski definition) is 2. The molecule has 2 unspecified atom stereocenters. The molecule has 0 saturated heterocycles. The Hall–Kier alpha value is -1.46. The Bertz CT molecular complexity index is 518. The Morgan fingerprint density at radius 1 is 1.29 bits per heavy atom. The van der Waals surface area contributed by atoms with Crippen molar-refractivity contribution < 1.29 is 19.4 Å². The monoisotopic (exact) mass is 313 g/mol. The first-order valence-corrected chi connectivity index (χ1v) is 7.03. The molecular weight excluding hydrogens is 294 g/mol. The number of carbonyl (C=O) groups is 1. The van der Waals surface area contributed by atoms with Gasteiger partial charge in [0, 0.05) is 6.04 Å². The van der Waals surface area contributed by atoms with Gasteiger partial charge in [-0.2, -0.15) is 0 Å². The fourth-order valence-electron chi connectivity index (χ4n) is 2.53. The highest BCUT2D eigenvalue weighted by molar-refractivity contribution is 5.85. The topological polar surface area (TPSA) is 67.8 Å². The highest BCUT2D eigenvalue weighted by Gasteiger charge is 2.34. The van der Waals surface area contributed by atoms with Gasteiger partial charge in [0.05, 0.1) is 0 Å². The Labute approximate surface area is 130 Å². The first-order valence-electron chi connectivity index (χ1n) is 7.03. The van der Waals surface area contributed by atoms with E-state index in [1.54, 1.807) is 6.92 Å². The molecule has 0 bridgehead atoms. The van der Waals surface area contributed by atoms with Gasteiger partial charge in [-0.3, -0.25) is 10.1 Å². The number of halogens is 1. The second kappa shape index (κ2) is 6.54. The molecule has 0 amide bonds. The van der Waals surface area contributed by atoms with E-state index in [9.17, 15) is 4.79 Å². The summed E-state index contributed by atoms with van der Waals surface area (Å²) in [4.78, 5) is 11.0. The summed E-state index contributed by atoms with van der Waals surface area (Å²) >= 11 is 0. The average molecular weight is 314 g/mol. The van der Waals surface area contributed by atoms with Crippen molar-refractivity contribution in [3.8, 4) is 11.5 Å². The quantitative estimate of drug-likeness (QED) is 0.873. The lowest BCUT2D eigenvalue weighted by Gasteiger charge is -2.24. The molecule has 1 aliphatic heterocycles. The second-order valence-corrected chi connectivity index (χ2v) is 5.44. The summed E-state index contributed by atoms with van der Waals surface area (Å²) in [6, 6.07) is 5.38. The number of carboxylic acids is 1. The van der Waals surface area contributed by atoms with Gasteiger partial charge in [-0.05, 0) is 43.4 Å². The molecule has 1 fully saturated rings. The Morgan fingerprint density at radius 3 is 2.57 bits per heavy atom. The lowest BCUT2D eigenvalue weighted by molar-refractivity contribution is -0.139. The minimum atomic E-state index is -0.826. The van der Waals surface area contributed by atoms with Crippen LogP contribution in [0.3, 0.4) is 0 Å². The van der Waals surface area contributed by atoms with Crippen molar-refractivity contribution in [3.05, 3.63) is 23.8 Å². The van der Waals surface area contributed by atoms with Gasteiger partial charge in [0.2, 0.25) is 0 Å². The maximum Gasteiger partial charge on any atom is 0.320 e. The van der Waals surface area contributed by atoms with Crippen LogP contribution < -0.4 is 14.8 Å². The SMILES string of the molecule is CC(NC(c1ccc2c(c1)OCCO2)C1CC1)C(=O)O.Cl. The summed E-state index contributed by atoms with van der Waals surface area (Å²) < 4.78 is 11.1. The molecule has 2 aliphatic rings. The third kappa shape index (κ3) is 3.60. The van der Waals surface area contributed by atoms with Crippen molar-refractivity contribution in [2.45, 2.75) is 31.8 Å². The van der Waals surface area contributed by atoms with Crippen LogP contribution >= 0.6 is 12.4 Å². The molecule has 1 aliphatic carbocycles. The number of nitrogens with one attached hydrogen (secondary N) is 1. The number of rotatable bonds is 5. The minimum absolute atomic E-state index is 0. The molecule has 1 heterocycles. The number of fused-ring (bicyclic) bond motifs is 1. The fraction of sp³-hybridized carbons (Fsp3) is 0.533. The maximum atomic E-state index is 11.0. The van der Waals surface area contributed by atoms with Crippen LogP contribution in [0.1, 0.15) is 31.4 Å². The molecule has 0 radical (unpaired) electrons. The Kier molecular flexibility index (Phi) is 4.96. The zero-order chi connectivity index (χ0) is 14.1. The summed E-state index contributed by atoms with van der Waals surface area (Å²) in [7, 11) is 0. The van der Waals surface area contributed by atoms with E-state index in [2.05, 4.69) is 5.32 Å². The predicted molar refractivity (Wildman–Crippen MR) is 80.4 cm³/mol. The molecule has 116 valence electrons. The van der Waals surface area contributed by atoms with Gasteiger partial charge in [-0.15, -0.1) is 12.4 Å². The zero-order valence-electron chi connectivity index (χ0n) is 11.9. The van der Waals surface area contributed by atoms with Gasteiger partial charge in [0.1, 0.15) is 19.3 Å². The van der Waals surface area contributed by atoms with E-state index in [1.165, 1.54) is 0 Å². The van der Waals surface area contributed by atoms with E-state index in [1.807, 2.05) is 18.2 Å². The molecule has 21 heavy (non-hydrogen) atoms. The molecule has 0 spiro atoms. The number of benzene rings is 1. The van der Waals surface area contributed by atoms with Gasteiger partial charge in [-0.25, -0.2) is 0 Å². The van der Waals surface area contributed by atoms with Crippen molar-refractivity contribution in [3.63, 3.8) is 0 Å². The lowest BCUT2D eigenvalue weighted by Crippen LogP contribution is -2.37. The summed E-state index contributed by atoms with van der Waals surface area (Å²) in [5.74, 6) is 1.21. The minimum Gasteiger partial charge on any atom is -0.486 e. The smallest absolute Gasteiger partial charge is 0.320 e. The zero-order valence-corrected chi connectivity index (χ0v) is 12.7. The highest BCUT2D eigenvalue weighted by atomic mass is 35.5. The maximum absolute atomic E-state index is 11.0. The van der Waals surface area contributed by atoms with Crippen molar-refractivity contribution in [2.75, 3.05) is 13.2 Å². The molecular formula is C15H20ClNO4. The fourth-order valence-corrected chi connectivity index (χ4v) is 2.53. The highest BCUT2D eigenvalue weighted by Crippen LogP contribution is 2.43. The number of hydrogen-bond acceptors (Lipinski definition) is 4. The molecule has 1 aromatic rings. The standard InChI is InChI=1S/C15H19NO4.ClH/c1-9(15(17)18)16-14(10-2-3-10)11-4-5-12-13(8-11)20-7-6-19-12;/h4-5,8-10,14,16H,2-3,6-7H2,1H3,(H,17,18);1H. The van der Waals surface area contributed by atoms with Gasteiger partial charge in [-0.1, -0.05) is 6.07 Å². The van der Waals surface area contributed by atoms with Gasteiger partial charge >= 0.3 is 5.97 Å². The van der Waals surface area contributed by atoms with Gasteiger partial charge in [0.15, 0.2) is 11.5 Å². The van der Waals surface area contributed by atoms with Crippen LogP contribution in [-0.4, -0.2) is 30.3 Å². The Balaban J connectivity index is 0.00000161. The second-order valence-electron chi connectivity index (χ2n) is 5.44.